The van der Waals surface area contributed by atoms with Crippen LogP contribution in [0.3, 0.4) is 0 Å². The van der Waals surface area contributed by atoms with Crippen molar-refractivity contribution in [2.24, 2.45) is 0 Å². The van der Waals surface area contributed by atoms with Crippen LogP contribution in [0.2, 0.25) is 0 Å². The van der Waals surface area contributed by atoms with E-state index in [2.05, 4.69) is 5.32 Å². The molecule has 20 heavy (non-hydrogen) atoms. The van der Waals surface area contributed by atoms with E-state index < -0.39 is 9.05 Å². The van der Waals surface area contributed by atoms with Gasteiger partial charge in [0.1, 0.15) is 0 Å². The summed E-state index contributed by atoms with van der Waals surface area (Å²) in [6, 6.07) is 3.06. The summed E-state index contributed by atoms with van der Waals surface area (Å²) in [4.78, 5) is 11.9. The normalized spacial score (nSPS) is 11.4. The van der Waals surface area contributed by atoms with Gasteiger partial charge in [0.05, 0.1) is 4.90 Å². The first kappa shape index (κ1) is 17.0. The van der Waals surface area contributed by atoms with E-state index in [1.54, 1.807) is 0 Å². The molecule has 0 spiro atoms. The second-order valence-corrected chi connectivity index (χ2v) is 7.13. The summed E-state index contributed by atoms with van der Waals surface area (Å²) in [7, 11) is 1.65. The Kier molecular flexibility index (Phi) is 6.02. The van der Waals surface area contributed by atoms with Crippen LogP contribution in [0.15, 0.2) is 17.0 Å². The average Bonchev–Trinajstić information content (AvgIpc) is 2.37. The highest BCUT2D eigenvalue weighted by Gasteiger charge is 2.17. The monoisotopic (exact) mass is 317 g/mol. The smallest absolute Gasteiger partial charge is 0.261 e. The molecule has 0 fully saturated rings. The maximum atomic E-state index is 11.8. The SMILES string of the molecule is CCCC(=O)Nc1c(CC)cc(S(=O)(=O)Cl)cc1CC. The fourth-order valence-electron chi connectivity index (χ4n) is 2.02. The molecule has 0 aliphatic heterocycles. The molecule has 0 radical (unpaired) electrons. The first-order valence-corrected chi connectivity index (χ1v) is 9.04. The molecule has 0 aliphatic rings. The lowest BCUT2D eigenvalue weighted by Crippen LogP contribution is -2.14. The van der Waals surface area contributed by atoms with Crippen molar-refractivity contribution in [3.05, 3.63) is 23.3 Å². The largest absolute Gasteiger partial charge is 0.326 e. The zero-order valence-electron chi connectivity index (χ0n) is 12.0. The molecule has 0 saturated carbocycles. The zero-order valence-corrected chi connectivity index (χ0v) is 13.6. The Labute approximate surface area is 124 Å². The van der Waals surface area contributed by atoms with Crippen molar-refractivity contribution in [1.82, 2.24) is 0 Å². The third kappa shape index (κ3) is 4.21. The Morgan fingerprint density at radius 1 is 1.15 bits per heavy atom. The molecule has 0 heterocycles. The number of aryl methyl sites for hydroxylation is 2. The third-order valence-corrected chi connectivity index (χ3v) is 4.39. The molecule has 1 N–H and O–H groups in total. The van der Waals surface area contributed by atoms with Crippen LogP contribution >= 0.6 is 10.7 Å². The molecule has 1 amide bonds. The second-order valence-electron chi connectivity index (χ2n) is 4.56. The number of benzene rings is 1. The lowest BCUT2D eigenvalue weighted by molar-refractivity contribution is -0.116. The Morgan fingerprint density at radius 2 is 1.65 bits per heavy atom. The summed E-state index contributed by atoms with van der Waals surface area (Å²) in [5, 5.41) is 2.88. The molecule has 1 aromatic rings. The summed E-state index contributed by atoms with van der Waals surface area (Å²) >= 11 is 0. The van der Waals surface area contributed by atoms with Gasteiger partial charge in [-0.3, -0.25) is 4.79 Å². The molecular weight excluding hydrogens is 298 g/mol. The molecule has 1 rings (SSSR count). The van der Waals surface area contributed by atoms with Crippen LogP contribution in [-0.4, -0.2) is 14.3 Å². The van der Waals surface area contributed by atoms with Gasteiger partial charge in [-0.05, 0) is 42.5 Å². The number of hydrogen-bond donors (Lipinski definition) is 1. The maximum Gasteiger partial charge on any atom is 0.261 e. The quantitative estimate of drug-likeness (QED) is 0.817. The molecule has 112 valence electrons. The van der Waals surface area contributed by atoms with Gasteiger partial charge in [-0.1, -0.05) is 20.8 Å². The van der Waals surface area contributed by atoms with Crippen molar-refractivity contribution in [3.63, 3.8) is 0 Å². The Balaban J connectivity index is 3.32. The number of halogens is 1. The Morgan fingerprint density at radius 3 is 2.00 bits per heavy atom. The van der Waals surface area contributed by atoms with Gasteiger partial charge in [-0.2, -0.15) is 0 Å². The maximum absolute atomic E-state index is 11.8. The van der Waals surface area contributed by atoms with Crippen LogP contribution in [0.25, 0.3) is 0 Å². The molecule has 0 bridgehead atoms. The van der Waals surface area contributed by atoms with Gasteiger partial charge in [0.25, 0.3) is 9.05 Å². The van der Waals surface area contributed by atoms with E-state index in [-0.39, 0.29) is 10.8 Å². The molecule has 4 nitrogen and oxygen atoms in total. The van der Waals surface area contributed by atoms with Crippen LogP contribution in [0.5, 0.6) is 0 Å². The number of carbonyl (C=O) groups is 1. The van der Waals surface area contributed by atoms with E-state index in [1.165, 1.54) is 12.1 Å². The summed E-state index contributed by atoms with van der Waals surface area (Å²) in [6.45, 7) is 5.76. The summed E-state index contributed by atoms with van der Waals surface area (Å²) in [5.41, 5.74) is 2.29. The molecule has 6 heteroatoms. The highest BCUT2D eigenvalue weighted by atomic mass is 35.7. The van der Waals surface area contributed by atoms with E-state index in [0.29, 0.717) is 19.3 Å². The van der Waals surface area contributed by atoms with Gasteiger partial charge in [-0.25, -0.2) is 8.42 Å². The van der Waals surface area contributed by atoms with Crippen molar-refractivity contribution < 1.29 is 13.2 Å². The summed E-state index contributed by atoms with van der Waals surface area (Å²) < 4.78 is 23.0. The molecule has 0 atom stereocenters. The van der Waals surface area contributed by atoms with Gasteiger partial charge < -0.3 is 5.32 Å². The molecular formula is C14H20ClNO3S. The van der Waals surface area contributed by atoms with Crippen molar-refractivity contribution in [1.29, 1.82) is 0 Å². The van der Waals surface area contributed by atoms with Crippen molar-refractivity contribution in [3.8, 4) is 0 Å². The van der Waals surface area contributed by atoms with Gasteiger partial charge in [0.2, 0.25) is 5.91 Å². The second kappa shape index (κ2) is 7.09. The van der Waals surface area contributed by atoms with Crippen molar-refractivity contribution >= 4 is 31.3 Å². The number of amides is 1. The van der Waals surface area contributed by atoms with Crippen LogP contribution in [-0.2, 0) is 26.7 Å². The van der Waals surface area contributed by atoms with E-state index in [1.807, 2.05) is 20.8 Å². The van der Waals surface area contributed by atoms with E-state index >= 15 is 0 Å². The topological polar surface area (TPSA) is 63.2 Å². The molecule has 0 aromatic heterocycles. The minimum atomic E-state index is -3.76. The van der Waals surface area contributed by atoms with Crippen LogP contribution in [0.1, 0.15) is 44.7 Å². The predicted molar refractivity (Wildman–Crippen MR) is 81.8 cm³/mol. The number of anilines is 1. The van der Waals surface area contributed by atoms with Crippen LogP contribution < -0.4 is 5.32 Å². The number of nitrogens with one attached hydrogen (secondary N) is 1. The molecule has 0 aliphatic carbocycles. The van der Waals surface area contributed by atoms with Crippen LogP contribution in [0, 0.1) is 0 Å². The minimum absolute atomic E-state index is 0.0571. The van der Waals surface area contributed by atoms with Gasteiger partial charge >= 0.3 is 0 Å². The average molecular weight is 318 g/mol. The molecule has 0 unspecified atom stereocenters. The first-order valence-electron chi connectivity index (χ1n) is 6.73. The highest BCUT2D eigenvalue weighted by Crippen LogP contribution is 2.28. The van der Waals surface area contributed by atoms with Gasteiger partial charge in [-0.15, -0.1) is 0 Å². The van der Waals surface area contributed by atoms with E-state index in [0.717, 1.165) is 23.2 Å². The Hall–Kier alpha value is -1.07. The fraction of sp³-hybridized carbons (Fsp3) is 0.500. The lowest BCUT2D eigenvalue weighted by atomic mass is 10.0. The van der Waals surface area contributed by atoms with E-state index in [9.17, 15) is 13.2 Å². The first-order chi connectivity index (χ1) is 9.33. The predicted octanol–water partition coefficient (Wildman–Crippen LogP) is 3.48. The number of carbonyl (C=O) groups excluding carboxylic acids is 1. The van der Waals surface area contributed by atoms with Gasteiger partial charge in [0, 0.05) is 22.8 Å². The standard InChI is InChI=1S/C14H20ClNO3S/c1-4-7-13(17)16-14-10(5-2)8-12(20(15,18)19)9-11(14)6-3/h8-9H,4-7H2,1-3H3,(H,16,17). The summed E-state index contributed by atoms with van der Waals surface area (Å²) in [6.07, 6.45) is 2.45. The zero-order chi connectivity index (χ0) is 15.3. The van der Waals surface area contributed by atoms with E-state index in [4.69, 9.17) is 10.7 Å². The van der Waals surface area contributed by atoms with Crippen LogP contribution in [0.4, 0.5) is 5.69 Å². The number of hydrogen-bond acceptors (Lipinski definition) is 3. The molecule has 0 saturated heterocycles. The fourth-order valence-corrected chi connectivity index (χ4v) is 2.86. The van der Waals surface area contributed by atoms with Crippen molar-refractivity contribution in [2.45, 2.75) is 51.3 Å². The third-order valence-electron chi connectivity index (χ3n) is 3.06. The molecule has 1 aromatic carbocycles. The number of rotatable bonds is 6. The minimum Gasteiger partial charge on any atom is -0.326 e. The Bertz CT molecular complexity index is 571. The summed E-state index contributed by atoms with van der Waals surface area (Å²) in [5.74, 6) is -0.0571. The van der Waals surface area contributed by atoms with Crippen molar-refractivity contribution in [2.75, 3.05) is 5.32 Å². The highest BCUT2D eigenvalue weighted by molar-refractivity contribution is 8.13. The van der Waals surface area contributed by atoms with Gasteiger partial charge in [0.15, 0.2) is 0 Å². The lowest BCUT2D eigenvalue weighted by Gasteiger charge is -2.15.